The Morgan fingerprint density at radius 3 is 1.93 bits per heavy atom. The van der Waals surface area contributed by atoms with Gasteiger partial charge in [-0.3, -0.25) is 4.90 Å². The molecular formula is C20H22N2O6. The number of carboxylic acid groups (broad SMARTS) is 1. The van der Waals surface area contributed by atoms with E-state index >= 15 is 0 Å². The minimum atomic E-state index is -1.19. The van der Waals surface area contributed by atoms with Crippen LogP contribution in [0.1, 0.15) is 13.8 Å². The molecule has 2 N–H and O–H groups in total. The molecule has 0 aliphatic rings. The van der Waals surface area contributed by atoms with E-state index < -0.39 is 30.2 Å². The highest BCUT2D eigenvalue weighted by Crippen LogP contribution is 2.14. The summed E-state index contributed by atoms with van der Waals surface area (Å²) in [6, 6.07) is 15.0. The SMILES string of the molecule is CC(CNC(=O)Oc1ccccc1)N(C(=O)Oc1ccccc1)[C@@H](C)C(=O)O. The Kier molecular flexibility index (Phi) is 7.38. The van der Waals surface area contributed by atoms with Crippen LogP contribution >= 0.6 is 0 Å². The smallest absolute Gasteiger partial charge is 0.416 e. The van der Waals surface area contributed by atoms with Crippen molar-refractivity contribution in [2.24, 2.45) is 0 Å². The second kappa shape index (κ2) is 9.96. The molecule has 0 aromatic heterocycles. The molecule has 2 amide bonds. The van der Waals surface area contributed by atoms with Crippen LogP contribution in [0.15, 0.2) is 60.7 Å². The summed E-state index contributed by atoms with van der Waals surface area (Å²) in [5.74, 6) is -0.533. The number of benzene rings is 2. The molecular weight excluding hydrogens is 364 g/mol. The largest absolute Gasteiger partial charge is 0.480 e. The maximum Gasteiger partial charge on any atom is 0.416 e. The highest BCUT2D eigenvalue weighted by molar-refractivity contribution is 5.81. The number of aliphatic carboxylic acids is 1. The van der Waals surface area contributed by atoms with Crippen molar-refractivity contribution in [3.63, 3.8) is 0 Å². The molecule has 148 valence electrons. The molecule has 0 spiro atoms. The number of rotatable bonds is 7. The van der Waals surface area contributed by atoms with Crippen molar-refractivity contribution in [3.05, 3.63) is 60.7 Å². The van der Waals surface area contributed by atoms with Gasteiger partial charge in [0.15, 0.2) is 0 Å². The topological polar surface area (TPSA) is 105 Å². The zero-order chi connectivity index (χ0) is 20.5. The third-order valence-electron chi connectivity index (χ3n) is 3.90. The minimum Gasteiger partial charge on any atom is -0.480 e. The van der Waals surface area contributed by atoms with Gasteiger partial charge in [-0.2, -0.15) is 0 Å². The molecule has 0 saturated carbocycles. The lowest BCUT2D eigenvalue weighted by molar-refractivity contribution is -0.142. The van der Waals surface area contributed by atoms with Crippen LogP contribution in [0.25, 0.3) is 0 Å². The maximum atomic E-state index is 12.5. The molecule has 0 fully saturated rings. The van der Waals surface area contributed by atoms with Crippen LogP contribution in [0.2, 0.25) is 0 Å². The van der Waals surface area contributed by atoms with Crippen LogP contribution in [-0.2, 0) is 4.79 Å². The number of carbonyl (C=O) groups excluding carboxylic acids is 2. The molecule has 2 atom stereocenters. The van der Waals surface area contributed by atoms with Gasteiger partial charge in [-0.05, 0) is 38.1 Å². The Morgan fingerprint density at radius 2 is 1.43 bits per heavy atom. The van der Waals surface area contributed by atoms with E-state index in [4.69, 9.17) is 9.47 Å². The van der Waals surface area contributed by atoms with Crippen LogP contribution in [-0.4, -0.2) is 46.8 Å². The monoisotopic (exact) mass is 386 g/mol. The van der Waals surface area contributed by atoms with Gasteiger partial charge in [0.25, 0.3) is 0 Å². The lowest BCUT2D eigenvalue weighted by Gasteiger charge is -2.31. The average molecular weight is 386 g/mol. The highest BCUT2D eigenvalue weighted by atomic mass is 16.6. The van der Waals surface area contributed by atoms with Crippen LogP contribution in [0, 0.1) is 0 Å². The second-order valence-corrected chi connectivity index (χ2v) is 6.03. The first kappa shape index (κ1) is 20.8. The summed E-state index contributed by atoms with van der Waals surface area (Å²) < 4.78 is 10.4. The normalized spacial score (nSPS) is 12.4. The summed E-state index contributed by atoms with van der Waals surface area (Å²) in [4.78, 5) is 36.9. The fourth-order valence-electron chi connectivity index (χ4n) is 2.44. The zero-order valence-corrected chi connectivity index (χ0v) is 15.6. The molecule has 2 aromatic carbocycles. The van der Waals surface area contributed by atoms with Gasteiger partial charge in [0.05, 0.1) is 6.04 Å². The molecule has 0 bridgehead atoms. The lowest BCUT2D eigenvalue weighted by Crippen LogP contribution is -2.53. The van der Waals surface area contributed by atoms with Crippen molar-refractivity contribution in [3.8, 4) is 11.5 Å². The Bertz CT molecular complexity index is 797. The van der Waals surface area contributed by atoms with E-state index in [-0.39, 0.29) is 6.54 Å². The van der Waals surface area contributed by atoms with Crippen LogP contribution in [0.4, 0.5) is 9.59 Å². The first-order valence-electron chi connectivity index (χ1n) is 8.67. The average Bonchev–Trinajstić information content (AvgIpc) is 2.68. The van der Waals surface area contributed by atoms with Crippen molar-refractivity contribution in [2.45, 2.75) is 25.9 Å². The number of carbonyl (C=O) groups is 3. The molecule has 0 aliphatic carbocycles. The van der Waals surface area contributed by atoms with Gasteiger partial charge in [-0.1, -0.05) is 36.4 Å². The minimum absolute atomic E-state index is 0.0207. The van der Waals surface area contributed by atoms with Crippen LogP contribution in [0.5, 0.6) is 11.5 Å². The van der Waals surface area contributed by atoms with Gasteiger partial charge in [-0.25, -0.2) is 14.4 Å². The summed E-state index contributed by atoms with van der Waals surface area (Å²) in [6.07, 6.45) is -1.54. The third-order valence-corrected chi connectivity index (χ3v) is 3.90. The van der Waals surface area contributed by atoms with Crippen molar-refractivity contribution < 1.29 is 29.0 Å². The standard InChI is InChI=1S/C20H22N2O6/c1-14(13-21-19(25)27-16-9-5-3-6-10-16)22(15(2)18(23)24)20(26)28-17-11-7-4-8-12-17/h3-12,14-15H,13H2,1-2H3,(H,21,25)(H,23,24)/t14?,15-/m0/s1. The van der Waals surface area contributed by atoms with Gasteiger partial charge < -0.3 is 19.9 Å². The van der Waals surface area contributed by atoms with E-state index in [2.05, 4.69) is 5.32 Å². The van der Waals surface area contributed by atoms with Gasteiger partial charge in [0.1, 0.15) is 17.5 Å². The summed E-state index contributed by atoms with van der Waals surface area (Å²) in [7, 11) is 0. The van der Waals surface area contributed by atoms with Gasteiger partial charge in [0.2, 0.25) is 0 Å². The molecule has 0 aliphatic heterocycles. The quantitative estimate of drug-likeness (QED) is 0.757. The molecule has 8 heteroatoms. The van der Waals surface area contributed by atoms with Crippen LogP contribution in [0.3, 0.4) is 0 Å². The number of nitrogens with zero attached hydrogens (tertiary/aromatic N) is 1. The molecule has 0 radical (unpaired) electrons. The lowest BCUT2D eigenvalue weighted by atomic mass is 10.2. The van der Waals surface area contributed by atoms with E-state index in [0.717, 1.165) is 4.90 Å². The molecule has 0 heterocycles. The maximum absolute atomic E-state index is 12.5. The Balaban J connectivity index is 2.00. The van der Waals surface area contributed by atoms with Crippen molar-refractivity contribution >= 4 is 18.2 Å². The summed E-state index contributed by atoms with van der Waals surface area (Å²) in [5.41, 5.74) is 0. The van der Waals surface area contributed by atoms with Gasteiger partial charge in [-0.15, -0.1) is 0 Å². The first-order valence-corrected chi connectivity index (χ1v) is 8.67. The number of hydrogen-bond acceptors (Lipinski definition) is 5. The molecule has 8 nitrogen and oxygen atoms in total. The van der Waals surface area contributed by atoms with E-state index in [9.17, 15) is 19.5 Å². The predicted octanol–water partition coefficient (Wildman–Crippen LogP) is 3.14. The van der Waals surface area contributed by atoms with E-state index in [1.54, 1.807) is 67.6 Å². The molecule has 2 aromatic rings. The molecule has 0 saturated heterocycles. The number of carboxylic acids is 1. The Labute approximate surface area is 162 Å². The number of nitrogens with one attached hydrogen (secondary N) is 1. The van der Waals surface area contributed by atoms with E-state index in [1.165, 1.54) is 6.92 Å². The van der Waals surface area contributed by atoms with E-state index in [0.29, 0.717) is 11.5 Å². The first-order chi connectivity index (χ1) is 13.4. The van der Waals surface area contributed by atoms with Crippen LogP contribution < -0.4 is 14.8 Å². The third kappa shape index (κ3) is 6.01. The number of hydrogen-bond donors (Lipinski definition) is 2. The predicted molar refractivity (Wildman–Crippen MR) is 101 cm³/mol. The van der Waals surface area contributed by atoms with Gasteiger partial charge in [0, 0.05) is 6.54 Å². The summed E-state index contributed by atoms with van der Waals surface area (Å²) in [6.45, 7) is 2.95. The van der Waals surface area contributed by atoms with Crippen molar-refractivity contribution in [2.75, 3.05) is 6.54 Å². The molecule has 28 heavy (non-hydrogen) atoms. The number of para-hydroxylation sites is 2. The van der Waals surface area contributed by atoms with Crippen molar-refractivity contribution in [1.29, 1.82) is 0 Å². The van der Waals surface area contributed by atoms with E-state index in [1.807, 2.05) is 0 Å². The fraction of sp³-hybridized carbons (Fsp3) is 0.250. The highest BCUT2D eigenvalue weighted by Gasteiger charge is 2.32. The zero-order valence-electron chi connectivity index (χ0n) is 15.6. The second-order valence-electron chi connectivity index (χ2n) is 6.03. The fourth-order valence-corrected chi connectivity index (χ4v) is 2.44. The number of ether oxygens (including phenoxy) is 2. The summed E-state index contributed by atoms with van der Waals surface area (Å²) in [5, 5.41) is 11.8. The van der Waals surface area contributed by atoms with Crippen molar-refractivity contribution in [1.82, 2.24) is 10.2 Å². The number of amides is 2. The van der Waals surface area contributed by atoms with Gasteiger partial charge >= 0.3 is 18.2 Å². The molecule has 2 rings (SSSR count). The Hall–Kier alpha value is -3.55. The summed E-state index contributed by atoms with van der Waals surface area (Å²) >= 11 is 0. The Morgan fingerprint density at radius 1 is 0.929 bits per heavy atom. The molecule has 1 unspecified atom stereocenters.